The first-order chi connectivity index (χ1) is 11.2. The second-order valence-corrected chi connectivity index (χ2v) is 6.67. The summed E-state index contributed by atoms with van der Waals surface area (Å²) in [5.74, 6) is 0.553. The molecule has 0 bridgehead atoms. The van der Waals surface area contributed by atoms with Crippen molar-refractivity contribution in [3.05, 3.63) is 29.3 Å². The summed E-state index contributed by atoms with van der Waals surface area (Å²) in [6, 6.07) is 7.22. The average molecular weight is 312 g/mol. The van der Waals surface area contributed by atoms with E-state index in [1.54, 1.807) is 4.68 Å². The largest absolute Gasteiger partial charge is 0.368 e. The Bertz CT molecular complexity index is 701. The van der Waals surface area contributed by atoms with Crippen molar-refractivity contribution in [3.8, 4) is 5.69 Å². The number of anilines is 2. The number of nitrogen functional groups attached to an aromatic ring is 2. The van der Waals surface area contributed by atoms with Crippen LogP contribution in [0.3, 0.4) is 0 Å². The van der Waals surface area contributed by atoms with Gasteiger partial charge in [-0.15, -0.1) is 5.10 Å². The second kappa shape index (κ2) is 5.85. The standard InChI is InChI=1S/C17H24N6/c18-16-20-17(19)23(21-16)15-8-4-12-3-6-14(7-5-13(12)11-15)22-9-1-2-10-22/h4,8,11,14H,1-3,5-7,9-10H2,(H4,18,19,20,21). The Morgan fingerprint density at radius 1 is 1.00 bits per heavy atom. The van der Waals surface area contributed by atoms with Crippen LogP contribution in [0.25, 0.3) is 5.69 Å². The number of fused-ring (bicyclic) bond motifs is 1. The van der Waals surface area contributed by atoms with Gasteiger partial charge in [-0.05, 0) is 74.9 Å². The highest BCUT2D eigenvalue weighted by Gasteiger charge is 2.24. The van der Waals surface area contributed by atoms with E-state index in [0.29, 0.717) is 5.95 Å². The van der Waals surface area contributed by atoms with E-state index in [1.807, 2.05) is 0 Å². The van der Waals surface area contributed by atoms with Gasteiger partial charge in [-0.2, -0.15) is 9.67 Å². The van der Waals surface area contributed by atoms with Crippen LogP contribution in [0.15, 0.2) is 18.2 Å². The highest BCUT2D eigenvalue weighted by Crippen LogP contribution is 2.28. The molecule has 4 N–H and O–H groups in total. The molecule has 0 amide bonds. The summed E-state index contributed by atoms with van der Waals surface area (Å²) >= 11 is 0. The molecule has 1 aliphatic heterocycles. The normalized spacial score (nSPS) is 22.0. The summed E-state index contributed by atoms with van der Waals surface area (Å²) in [4.78, 5) is 6.67. The van der Waals surface area contributed by atoms with Gasteiger partial charge >= 0.3 is 0 Å². The topological polar surface area (TPSA) is 86.0 Å². The smallest absolute Gasteiger partial charge is 0.241 e. The van der Waals surface area contributed by atoms with Gasteiger partial charge in [-0.25, -0.2) is 0 Å². The fourth-order valence-electron chi connectivity index (χ4n) is 4.01. The summed E-state index contributed by atoms with van der Waals surface area (Å²) in [5.41, 5.74) is 15.4. The highest BCUT2D eigenvalue weighted by atomic mass is 15.4. The predicted molar refractivity (Wildman–Crippen MR) is 91.4 cm³/mol. The van der Waals surface area contributed by atoms with E-state index < -0.39 is 0 Å². The molecule has 2 heterocycles. The zero-order valence-corrected chi connectivity index (χ0v) is 13.4. The Hall–Kier alpha value is -2.08. The van der Waals surface area contributed by atoms with Crippen molar-refractivity contribution in [2.24, 2.45) is 0 Å². The molecular formula is C17H24N6. The molecule has 122 valence electrons. The summed E-state index contributed by atoms with van der Waals surface area (Å²) in [5, 5.41) is 4.18. The summed E-state index contributed by atoms with van der Waals surface area (Å²) in [6.45, 7) is 2.56. The number of aryl methyl sites for hydroxylation is 2. The first-order valence-electron chi connectivity index (χ1n) is 8.55. The van der Waals surface area contributed by atoms with Crippen molar-refractivity contribution in [2.75, 3.05) is 24.6 Å². The monoisotopic (exact) mass is 312 g/mol. The number of likely N-dealkylation sites (tertiary alicyclic amines) is 1. The number of rotatable bonds is 2. The van der Waals surface area contributed by atoms with E-state index in [9.17, 15) is 0 Å². The van der Waals surface area contributed by atoms with Gasteiger partial charge in [-0.1, -0.05) is 6.07 Å². The Morgan fingerprint density at radius 2 is 1.74 bits per heavy atom. The molecule has 1 unspecified atom stereocenters. The van der Waals surface area contributed by atoms with Gasteiger partial charge in [0.15, 0.2) is 0 Å². The van der Waals surface area contributed by atoms with Crippen molar-refractivity contribution in [3.63, 3.8) is 0 Å². The maximum absolute atomic E-state index is 5.89. The van der Waals surface area contributed by atoms with Crippen LogP contribution in [0.5, 0.6) is 0 Å². The quantitative estimate of drug-likeness (QED) is 0.826. The molecule has 1 aliphatic carbocycles. The lowest BCUT2D eigenvalue weighted by Crippen LogP contribution is -2.32. The maximum Gasteiger partial charge on any atom is 0.241 e. The second-order valence-electron chi connectivity index (χ2n) is 6.67. The Balaban J connectivity index is 1.57. The highest BCUT2D eigenvalue weighted by molar-refractivity contribution is 5.45. The molecule has 23 heavy (non-hydrogen) atoms. The molecule has 4 rings (SSSR count). The van der Waals surface area contributed by atoms with E-state index in [1.165, 1.54) is 49.9 Å². The van der Waals surface area contributed by atoms with Gasteiger partial charge in [0.25, 0.3) is 0 Å². The average Bonchev–Trinajstić information content (AvgIpc) is 3.13. The lowest BCUT2D eigenvalue weighted by atomic mass is 10.0. The van der Waals surface area contributed by atoms with Crippen LogP contribution in [0.4, 0.5) is 11.9 Å². The molecule has 0 radical (unpaired) electrons. The predicted octanol–water partition coefficient (Wildman–Crippen LogP) is 1.77. The molecule has 1 aromatic heterocycles. The van der Waals surface area contributed by atoms with Crippen molar-refractivity contribution in [1.29, 1.82) is 0 Å². The number of nitrogens with zero attached hydrogens (tertiary/aromatic N) is 4. The third-order valence-corrected chi connectivity index (χ3v) is 5.23. The van der Waals surface area contributed by atoms with E-state index in [-0.39, 0.29) is 5.95 Å². The molecule has 1 fully saturated rings. The van der Waals surface area contributed by atoms with Gasteiger partial charge in [0.2, 0.25) is 11.9 Å². The number of benzene rings is 1. The molecule has 2 aliphatic rings. The minimum absolute atomic E-state index is 0.214. The maximum atomic E-state index is 5.89. The fourth-order valence-corrected chi connectivity index (χ4v) is 4.01. The first kappa shape index (κ1) is 14.5. The van der Waals surface area contributed by atoms with E-state index in [4.69, 9.17) is 11.5 Å². The SMILES string of the molecule is Nc1nc(N)n(-c2ccc3c(c2)CCC(N2CCCC2)CC3)n1. The van der Waals surface area contributed by atoms with Gasteiger partial charge in [0, 0.05) is 6.04 Å². The third-order valence-electron chi connectivity index (χ3n) is 5.23. The fraction of sp³-hybridized carbons (Fsp3) is 0.529. The zero-order chi connectivity index (χ0) is 15.8. The lowest BCUT2D eigenvalue weighted by molar-refractivity contribution is 0.222. The van der Waals surface area contributed by atoms with Gasteiger partial charge in [0.05, 0.1) is 5.69 Å². The molecule has 1 aromatic carbocycles. The lowest BCUT2D eigenvalue weighted by Gasteiger charge is -2.25. The Morgan fingerprint density at radius 3 is 2.43 bits per heavy atom. The van der Waals surface area contributed by atoms with Crippen LogP contribution in [0, 0.1) is 0 Å². The van der Waals surface area contributed by atoms with Gasteiger partial charge < -0.3 is 16.4 Å². The molecule has 6 heteroatoms. The van der Waals surface area contributed by atoms with Crippen molar-refractivity contribution in [2.45, 2.75) is 44.6 Å². The third kappa shape index (κ3) is 2.79. The van der Waals surface area contributed by atoms with Crippen LogP contribution in [-0.2, 0) is 12.8 Å². The van der Waals surface area contributed by atoms with Crippen molar-refractivity contribution >= 4 is 11.9 Å². The number of aromatic nitrogens is 3. The Kier molecular flexibility index (Phi) is 3.69. The van der Waals surface area contributed by atoms with Crippen LogP contribution in [-0.4, -0.2) is 38.8 Å². The molecule has 6 nitrogen and oxygen atoms in total. The molecule has 0 saturated carbocycles. The molecule has 0 spiro atoms. The van der Waals surface area contributed by atoms with E-state index in [0.717, 1.165) is 24.6 Å². The summed E-state index contributed by atoms with van der Waals surface area (Å²) in [7, 11) is 0. The van der Waals surface area contributed by atoms with Crippen LogP contribution in [0.2, 0.25) is 0 Å². The molecular weight excluding hydrogens is 288 g/mol. The zero-order valence-electron chi connectivity index (χ0n) is 13.4. The molecule has 2 aromatic rings. The summed E-state index contributed by atoms with van der Waals surface area (Å²) in [6.07, 6.45) is 7.51. The van der Waals surface area contributed by atoms with Crippen LogP contribution >= 0.6 is 0 Å². The number of hydrogen-bond donors (Lipinski definition) is 2. The minimum Gasteiger partial charge on any atom is -0.368 e. The van der Waals surface area contributed by atoms with E-state index >= 15 is 0 Å². The molecule has 1 saturated heterocycles. The summed E-state index contributed by atoms with van der Waals surface area (Å²) < 4.78 is 1.62. The molecule has 1 atom stereocenters. The number of hydrogen-bond acceptors (Lipinski definition) is 5. The van der Waals surface area contributed by atoms with Gasteiger partial charge in [-0.3, -0.25) is 0 Å². The first-order valence-corrected chi connectivity index (χ1v) is 8.55. The van der Waals surface area contributed by atoms with Crippen LogP contribution in [0.1, 0.15) is 36.8 Å². The van der Waals surface area contributed by atoms with Crippen LogP contribution < -0.4 is 11.5 Å². The van der Waals surface area contributed by atoms with Crippen molar-refractivity contribution < 1.29 is 0 Å². The Labute approximate surface area is 136 Å². The minimum atomic E-state index is 0.214. The van der Waals surface area contributed by atoms with E-state index in [2.05, 4.69) is 33.2 Å². The number of nitrogens with two attached hydrogens (primary N) is 2. The van der Waals surface area contributed by atoms with Crippen molar-refractivity contribution in [1.82, 2.24) is 19.7 Å². The van der Waals surface area contributed by atoms with Gasteiger partial charge in [0.1, 0.15) is 0 Å².